The Bertz CT molecular complexity index is 1390. The van der Waals surface area contributed by atoms with Gasteiger partial charge in [-0.05, 0) is 55.2 Å². The summed E-state index contributed by atoms with van der Waals surface area (Å²) in [7, 11) is -2.53. The van der Waals surface area contributed by atoms with Gasteiger partial charge in [0, 0.05) is 28.7 Å². The van der Waals surface area contributed by atoms with Gasteiger partial charge >= 0.3 is 0 Å². The van der Waals surface area contributed by atoms with Crippen molar-refractivity contribution in [3.05, 3.63) is 63.8 Å². The number of aromatic hydroxyl groups is 1. The number of hydrogen-bond donors (Lipinski definition) is 2. The van der Waals surface area contributed by atoms with E-state index >= 15 is 0 Å². The minimum absolute atomic E-state index is 0.0208. The van der Waals surface area contributed by atoms with Crippen molar-refractivity contribution in [3.8, 4) is 11.8 Å². The molecule has 0 saturated heterocycles. The molecular weight excluding hydrogens is 494 g/mol. The molecule has 7 nitrogen and oxygen atoms in total. The maximum absolute atomic E-state index is 13.4. The van der Waals surface area contributed by atoms with Crippen LogP contribution in [0.4, 0.5) is 0 Å². The van der Waals surface area contributed by atoms with E-state index in [0.29, 0.717) is 33.8 Å². The minimum atomic E-state index is -3.96. The molecule has 2 N–H and O–H groups in total. The number of phenolic OH excluding ortho intramolecular Hbond substituents is 1. The van der Waals surface area contributed by atoms with Crippen molar-refractivity contribution < 1.29 is 18.3 Å². The Morgan fingerprint density at radius 1 is 1.31 bits per heavy atom. The molecule has 0 atom stereocenters. The van der Waals surface area contributed by atoms with E-state index in [-0.39, 0.29) is 16.0 Å². The van der Waals surface area contributed by atoms with Crippen molar-refractivity contribution in [2.75, 3.05) is 7.05 Å². The summed E-state index contributed by atoms with van der Waals surface area (Å²) in [4.78, 5) is 16.7. The fourth-order valence-corrected chi connectivity index (χ4v) is 6.21. The second-order valence-corrected chi connectivity index (χ2v) is 10.8. The van der Waals surface area contributed by atoms with Gasteiger partial charge in [0.15, 0.2) is 9.84 Å². The molecule has 1 amide bonds. The van der Waals surface area contributed by atoms with E-state index in [1.54, 1.807) is 18.2 Å². The number of aromatic nitrogens is 1. The van der Waals surface area contributed by atoms with Crippen LogP contribution in [0.1, 0.15) is 40.7 Å². The van der Waals surface area contributed by atoms with Crippen LogP contribution in [0.25, 0.3) is 10.9 Å². The number of nitrogens with zero attached hydrogens (tertiary/aromatic N) is 2. The standard InChI is InChI=1S/C23H20BrN3O4S/c1-26-22(29)18-10-16(23(13-25)5-3-6-23)8-15(21(18)28)12-32(30,31)19-11-17(24)9-14-4-2-7-27-20(14)19/h2,4,7-11,28H,3,5-6,12H2,1H3,(H,26,29). The van der Waals surface area contributed by atoms with E-state index in [2.05, 4.69) is 32.3 Å². The largest absolute Gasteiger partial charge is 0.507 e. The molecule has 1 fully saturated rings. The van der Waals surface area contributed by atoms with E-state index in [4.69, 9.17) is 0 Å². The Balaban J connectivity index is 1.87. The number of benzene rings is 2. The lowest BCUT2D eigenvalue weighted by molar-refractivity contribution is 0.0960. The van der Waals surface area contributed by atoms with Gasteiger partial charge in [0.1, 0.15) is 5.75 Å². The summed E-state index contributed by atoms with van der Waals surface area (Å²) in [5.74, 6) is -1.50. The molecule has 32 heavy (non-hydrogen) atoms. The predicted molar refractivity (Wildman–Crippen MR) is 123 cm³/mol. The molecule has 1 aromatic heterocycles. The van der Waals surface area contributed by atoms with Crippen LogP contribution < -0.4 is 5.32 Å². The van der Waals surface area contributed by atoms with Gasteiger partial charge in [-0.2, -0.15) is 5.26 Å². The van der Waals surface area contributed by atoms with Crippen molar-refractivity contribution in [2.45, 2.75) is 35.3 Å². The lowest BCUT2D eigenvalue weighted by Gasteiger charge is -2.36. The average molecular weight is 514 g/mol. The molecular formula is C23H20BrN3O4S. The zero-order valence-electron chi connectivity index (χ0n) is 17.2. The maximum Gasteiger partial charge on any atom is 0.254 e. The first kappa shape index (κ1) is 22.2. The molecule has 1 aliphatic carbocycles. The van der Waals surface area contributed by atoms with Crippen molar-refractivity contribution in [2.24, 2.45) is 0 Å². The Morgan fingerprint density at radius 2 is 2.06 bits per heavy atom. The number of pyridine rings is 1. The summed E-state index contributed by atoms with van der Waals surface area (Å²) >= 11 is 3.35. The molecule has 0 bridgehead atoms. The third-order valence-corrected chi connectivity index (χ3v) is 8.08. The second kappa shape index (κ2) is 8.19. The van der Waals surface area contributed by atoms with Crippen LogP contribution >= 0.6 is 15.9 Å². The number of amides is 1. The molecule has 3 aromatic rings. The Morgan fingerprint density at radius 3 is 2.69 bits per heavy atom. The topological polar surface area (TPSA) is 120 Å². The third-order valence-electron chi connectivity index (χ3n) is 5.95. The third kappa shape index (κ3) is 3.74. The molecule has 2 aromatic carbocycles. The molecule has 9 heteroatoms. The highest BCUT2D eigenvalue weighted by Gasteiger charge is 2.40. The summed E-state index contributed by atoms with van der Waals surface area (Å²) < 4.78 is 27.5. The first-order valence-corrected chi connectivity index (χ1v) is 12.4. The molecule has 1 saturated carbocycles. The molecule has 1 aliphatic rings. The van der Waals surface area contributed by atoms with Gasteiger partial charge < -0.3 is 10.4 Å². The first-order chi connectivity index (χ1) is 15.2. The van der Waals surface area contributed by atoms with Gasteiger partial charge in [0.25, 0.3) is 5.91 Å². The number of carbonyl (C=O) groups is 1. The lowest BCUT2D eigenvalue weighted by Crippen LogP contribution is -2.33. The normalized spacial score (nSPS) is 15.0. The summed E-state index contributed by atoms with van der Waals surface area (Å²) in [6.45, 7) is 0. The SMILES string of the molecule is CNC(=O)c1cc(C2(C#N)CCC2)cc(CS(=O)(=O)c2cc(Br)cc3cccnc23)c1O. The Hall–Kier alpha value is -2.96. The number of carbonyl (C=O) groups excluding carboxylic acids is 1. The van der Waals surface area contributed by atoms with Gasteiger partial charge in [0.2, 0.25) is 0 Å². The van der Waals surface area contributed by atoms with E-state index in [0.717, 1.165) is 6.42 Å². The highest BCUT2D eigenvalue weighted by molar-refractivity contribution is 9.10. The van der Waals surface area contributed by atoms with Gasteiger partial charge in [-0.3, -0.25) is 9.78 Å². The van der Waals surface area contributed by atoms with Crippen LogP contribution in [0.15, 0.2) is 52.0 Å². The molecule has 1 heterocycles. The van der Waals surface area contributed by atoms with Crippen LogP contribution in [0, 0.1) is 11.3 Å². The number of halogens is 1. The van der Waals surface area contributed by atoms with Gasteiger partial charge in [0.05, 0.1) is 33.2 Å². The number of nitrogens with one attached hydrogen (secondary N) is 1. The smallest absolute Gasteiger partial charge is 0.254 e. The summed E-state index contributed by atoms with van der Waals surface area (Å²) in [6.07, 6.45) is 3.62. The molecule has 164 valence electrons. The zero-order chi connectivity index (χ0) is 23.1. The number of rotatable bonds is 5. The van der Waals surface area contributed by atoms with Crippen molar-refractivity contribution in [1.29, 1.82) is 5.26 Å². The fraction of sp³-hybridized carbons (Fsp3) is 0.261. The number of nitriles is 1. The number of fused-ring (bicyclic) bond motifs is 1. The van der Waals surface area contributed by atoms with E-state index in [1.807, 2.05) is 0 Å². The molecule has 0 aliphatic heterocycles. The quantitative estimate of drug-likeness (QED) is 0.532. The number of sulfone groups is 1. The highest BCUT2D eigenvalue weighted by atomic mass is 79.9. The Kier molecular flexibility index (Phi) is 5.69. The minimum Gasteiger partial charge on any atom is -0.507 e. The summed E-state index contributed by atoms with van der Waals surface area (Å²) in [5, 5.41) is 23.7. The molecule has 4 rings (SSSR count). The van der Waals surface area contributed by atoms with Gasteiger partial charge in [-0.1, -0.05) is 22.0 Å². The van der Waals surface area contributed by atoms with Gasteiger partial charge in [-0.15, -0.1) is 0 Å². The van der Waals surface area contributed by atoms with Gasteiger partial charge in [-0.25, -0.2) is 8.42 Å². The maximum atomic E-state index is 13.4. The second-order valence-electron chi connectivity index (χ2n) is 7.90. The van der Waals surface area contributed by atoms with Crippen molar-refractivity contribution >= 4 is 42.6 Å². The van der Waals surface area contributed by atoms with Crippen LogP contribution in [0.2, 0.25) is 0 Å². The first-order valence-electron chi connectivity index (χ1n) is 9.97. The monoisotopic (exact) mass is 513 g/mol. The lowest BCUT2D eigenvalue weighted by atomic mass is 9.65. The Labute approximate surface area is 194 Å². The van der Waals surface area contributed by atoms with Crippen LogP contribution in [-0.4, -0.2) is 31.5 Å². The fourth-order valence-electron chi connectivity index (χ4n) is 4.03. The molecule has 0 spiro atoms. The van der Waals surface area contributed by atoms with E-state index < -0.39 is 32.7 Å². The average Bonchev–Trinajstić information content (AvgIpc) is 2.74. The zero-order valence-corrected chi connectivity index (χ0v) is 19.6. The van der Waals surface area contributed by atoms with Crippen LogP contribution in [0.5, 0.6) is 5.75 Å². The summed E-state index contributed by atoms with van der Waals surface area (Å²) in [5.41, 5.74) is 0.120. The predicted octanol–water partition coefficient (Wildman–Crippen LogP) is 3.98. The molecule has 0 unspecified atom stereocenters. The van der Waals surface area contributed by atoms with Crippen LogP contribution in [0.3, 0.4) is 0 Å². The van der Waals surface area contributed by atoms with E-state index in [9.17, 15) is 23.6 Å². The molecule has 0 radical (unpaired) electrons. The van der Waals surface area contributed by atoms with Crippen LogP contribution in [-0.2, 0) is 21.0 Å². The van der Waals surface area contributed by atoms with E-state index in [1.165, 1.54) is 31.4 Å². The highest BCUT2D eigenvalue weighted by Crippen LogP contribution is 2.45. The number of hydrogen-bond acceptors (Lipinski definition) is 6. The number of phenols is 1. The van der Waals surface area contributed by atoms with Crippen molar-refractivity contribution in [1.82, 2.24) is 10.3 Å². The summed E-state index contributed by atoms with van der Waals surface area (Å²) in [6, 6.07) is 12.1. The van der Waals surface area contributed by atoms with Crippen molar-refractivity contribution in [3.63, 3.8) is 0 Å².